The van der Waals surface area contributed by atoms with Crippen LogP contribution in [0.2, 0.25) is 5.02 Å². The number of anilines is 1. The van der Waals surface area contributed by atoms with E-state index in [9.17, 15) is 10.1 Å². The zero-order valence-electron chi connectivity index (χ0n) is 14.9. The molecule has 8 nitrogen and oxygen atoms in total. The Morgan fingerprint density at radius 3 is 2.33 bits per heavy atom. The summed E-state index contributed by atoms with van der Waals surface area (Å²) in [5.74, 6) is 1.69. The largest absolute Gasteiger partial charge is 0.496 e. The van der Waals surface area contributed by atoms with Crippen molar-refractivity contribution < 1.29 is 19.1 Å². The fraction of sp³-hybridized carbons (Fsp3) is 0.235. The lowest BCUT2D eigenvalue weighted by molar-refractivity contribution is -0.384. The van der Waals surface area contributed by atoms with E-state index in [-0.39, 0.29) is 10.8 Å². The monoisotopic (exact) mass is 411 g/mol. The Hall–Kier alpha value is -2.78. The molecule has 0 aromatic heterocycles. The van der Waals surface area contributed by atoms with Crippen molar-refractivity contribution in [3.63, 3.8) is 0 Å². The molecule has 0 radical (unpaired) electrons. The summed E-state index contributed by atoms with van der Waals surface area (Å²) < 4.78 is 15.9. The number of rotatable bonds is 7. The van der Waals surface area contributed by atoms with Gasteiger partial charge in [-0.3, -0.25) is 10.1 Å². The van der Waals surface area contributed by atoms with Crippen LogP contribution in [0.25, 0.3) is 0 Å². The SMILES string of the molecule is COc1cc(OC)c(OC)cc1CNC(=S)Nc1cc([N+](=O)[O-])ccc1Cl. The molecule has 0 aliphatic heterocycles. The molecule has 0 unspecified atom stereocenters. The quantitative estimate of drug-likeness (QED) is 0.404. The molecule has 144 valence electrons. The van der Waals surface area contributed by atoms with Crippen LogP contribution in [-0.2, 0) is 6.54 Å². The van der Waals surface area contributed by atoms with Crippen molar-refractivity contribution >= 4 is 40.3 Å². The van der Waals surface area contributed by atoms with Gasteiger partial charge in [0.05, 0.1) is 37.0 Å². The van der Waals surface area contributed by atoms with Crippen molar-refractivity contribution in [2.24, 2.45) is 0 Å². The molecule has 10 heteroatoms. The minimum Gasteiger partial charge on any atom is -0.496 e. The Kier molecular flexibility index (Phi) is 7.03. The first-order valence-electron chi connectivity index (χ1n) is 7.67. The van der Waals surface area contributed by atoms with Crippen LogP contribution < -0.4 is 24.8 Å². The van der Waals surface area contributed by atoms with Crippen molar-refractivity contribution in [2.75, 3.05) is 26.6 Å². The zero-order chi connectivity index (χ0) is 20.0. The van der Waals surface area contributed by atoms with E-state index in [1.54, 1.807) is 19.2 Å². The minimum atomic E-state index is -0.507. The summed E-state index contributed by atoms with van der Waals surface area (Å²) in [6.07, 6.45) is 0. The number of halogens is 1. The van der Waals surface area contributed by atoms with Crippen LogP contribution in [0.4, 0.5) is 11.4 Å². The summed E-state index contributed by atoms with van der Waals surface area (Å²) in [5.41, 5.74) is 1.03. The Labute approximate surface area is 166 Å². The van der Waals surface area contributed by atoms with E-state index in [0.29, 0.717) is 34.5 Å². The van der Waals surface area contributed by atoms with Crippen LogP contribution in [0.1, 0.15) is 5.56 Å². The van der Waals surface area contributed by atoms with Crippen molar-refractivity contribution in [3.05, 3.63) is 51.0 Å². The van der Waals surface area contributed by atoms with Gasteiger partial charge in [-0.05, 0) is 24.4 Å². The van der Waals surface area contributed by atoms with E-state index in [4.69, 9.17) is 38.0 Å². The lowest BCUT2D eigenvalue weighted by atomic mass is 10.1. The molecule has 0 saturated carbocycles. The van der Waals surface area contributed by atoms with Crippen LogP contribution >= 0.6 is 23.8 Å². The summed E-state index contributed by atoms with van der Waals surface area (Å²) in [6.45, 7) is 0.321. The molecule has 0 fully saturated rings. The van der Waals surface area contributed by atoms with Crippen molar-refractivity contribution in [2.45, 2.75) is 6.54 Å². The molecule has 2 aromatic carbocycles. The van der Waals surface area contributed by atoms with Gasteiger partial charge >= 0.3 is 0 Å². The van der Waals surface area contributed by atoms with Crippen molar-refractivity contribution in [3.8, 4) is 17.2 Å². The summed E-state index contributed by atoms with van der Waals surface area (Å²) >= 11 is 11.3. The molecule has 0 aliphatic carbocycles. The van der Waals surface area contributed by atoms with Gasteiger partial charge in [-0.2, -0.15) is 0 Å². The molecule has 0 heterocycles. The van der Waals surface area contributed by atoms with E-state index in [1.165, 1.54) is 32.4 Å². The number of nitrogens with one attached hydrogen (secondary N) is 2. The molecule has 0 bridgehead atoms. The summed E-state index contributed by atoms with van der Waals surface area (Å²) in [5, 5.41) is 17.3. The third-order valence-corrected chi connectivity index (χ3v) is 4.21. The van der Waals surface area contributed by atoms with Gasteiger partial charge in [0.25, 0.3) is 5.69 Å². The molecule has 2 aromatic rings. The van der Waals surface area contributed by atoms with Gasteiger partial charge in [-0.25, -0.2) is 0 Å². The molecule has 0 aliphatic rings. The number of ether oxygens (including phenoxy) is 3. The van der Waals surface area contributed by atoms with Gasteiger partial charge in [0, 0.05) is 30.3 Å². The van der Waals surface area contributed by atoms with Gasteiger partial charge in [-0.1, -0.05) is 11.6 Å². The lowest BCUT2D eigenvalue weighted by Crippen LogP contribution is -2.28. The summed E-state index contributed by atoms with van der Waals surface area (Å²) in [6, 6.07) is 7.55. The van der Waals surface area contributed by atoms with Crippen molar-refractivity contribution in [1.29, 1.82) is 0 Å². The second kappa shape index (κ2) is 9.24. The average Bonchev–Trinajstić information content (AvgIpc) is 2.66. The molecule has 0 saturated heterocycles. The number of benzene rings is 2. The number of nitro groups is 1. The highest BCUT2D eigenvalue weighted by Gasteiger charge is 2.13. The Morgan fingerprint density at radius 2 is 1.74 bits per heavy atom. The molecule has 0 spiro atoms. The topological polar surface area (TPSA) is 94.9 Å². The second-order valence-electron chi connectivity index (χ2n) is 5.25. The number of hydrogen-bond acceptors (Lipinski definition) is 6. The molecule has 2 rings (SSSR count). The normalized spacial score (nSPS) is 10.1. The van der Waals surface area contributed by atoms with Gasteiger partial charge in [0.2, 0.25) is 0 Å². The molecule has 0 amide bonds. The molecular weight excluding hydrogens is 394 g/mol. The number of nitrogens with zero attached hydrogens (tertiary/aromatic N) is 1. The second-order valence-corrected chi connectivity index (χ2v) is 6.06. The van der Waals surface area contributed by atoms with Crippen LogP contribution in [0, 0.1) is 10.1 Å². The number of thiocarbonyl (C=S) groups is 1. The zero-order valence-corrected chi connectivity index (χ0v) is 16.4. The van der Waals surface area contributed by atoms with Crippen LogP contribution in [0.5, 0.6) is 17.2 Å². The number of nitro benzene ring substituents is 1. The summed E-state index contributed by atoms with van der Waals surface area (Å²) in [4.78, 5) is 10.4. The first-order valence-corrected chi connectivity index (χ1v) is 8.46. The molecule has 0 atom stereocenters. The first kappa shape index (κ1) is 20.5. The van der Waals surface area contributed by atoms with E-state index in [1.807, 2.05) is 0 Å². The van der Waals surface area contributed by atoms with Crippen molar-refractivity contribution in [1.82, 2.24) is 5.32 Å². The number of hydrogen-bond donors (Lipinski definition) is 2. The van der Waals surface area contributed by atoms with Gasteiger partial charge in [0.1, 0.15) is 5.75 Å². The van der Waals surface area contributed by atoms with Crippen LogP contribution in [0.15, 0.2) is 30.3 Å². The highest BCUT2D eigenvalue weighted by Crippen LogP contribution is 2.34. The minimum absolute atomic E-state index is 0.0914. The maximum absolute atomic E-state index is 10.9. The smallest absolute Gasteiger partial charge is 0.271 e. The van der Waals surface area contributed by atoms with Gasteiger partial charge < -0.3 is 24.8 Å². The van der Waals surface area contributed by atoms with E-state index < -0.39 is 4.92 Å². The predicted molar refractivity (Wildman–Crippen MR) is 107 cm³/mol. The third-order valence-electron chi connectivity index (χ3n) is 3.63. The Balaban J connectivity index is 2.12. The fourth-order valence-electron chi connectivity index (χ4n) is 2.30. The van der Waals surface area contributed by atoms with Crippen LogP contribution in [-0.4, -0.2) is 31.4 Å². The maximum atomic E-state index is 10.9. The molecular formula is C17H18ClN3O5S. The molecule has 2 N–H and O–H groups in total. The lowest BCUT2D eigenvalue weighted by Gasteiger charge is -2.16. The average molecular weight is 412 g/mol. The van der Waals surface area contributed by atoms with Crippen LogP contribution in [0.3, 0.4) is 0 Å². The van der Waals surface area contributed by atoms with Gasteiger partial charge in [-0.15, -0.1) is 0 Å². The Morgan fingerprint density at radius 1 is 1.11 bits per heavy atom. The van der Waals surface area contributed by atoms with E-state index in [2.05, 4.69) is 10.6 Å². The molecule has 27 heavy (non-hydrogen) atoms. The highest BCUT2D eigenvalue weighted by atomic mass is 35.5. The van der Waals surface area contributed by atoms with E-state index >= 15 is 0 Å². The third kappa shape index (κ3) is 5.11. The van der Waals surface area contributed by atoms with E-state index in [0.717, 1.165) is 5.56 Å². The summed E-state index contributed by atoms with van der Waals surface area (Å²) in [7, 11) is 4.62. The fourth-order valence-corrected chi connectivity index (χ4v) is 2.64. The predicted octanol–water partition coefficient (Wildman–Crippen LogP) is 3.76. The standard InChI is InChI=1S/C17H18ClN3O5S/c1-24-14-8-16(26-3)15(25-2)6-10(14)9-19-17(27)20-13-7-11(21(22)23)4-5-12(13)18/h4-8H,9H2,1-3H3,(H2,19,20,27). The maximum Gasteiger partial charge on any atom is 0.271 e. The number of methoxy groups -OCH3 is 3. The highest BCUT2D eigenvalue weighted by molar-refractivity contribution is 7.80. The number of non-ortho nitro benzene ring substituents is 1. The first-order chi connectivity index (χ1) is 12.9. The van der Waals surface area contributed by atoms with Gasteiger partial charge in [0.15, 0.2) is 16.6 Å². The Bertz CT molecular complexity index is 863.